The van der Waals surface area contributed by atoms with Crippen LogP contribution >= 0.6 is 0 Å². The lowest BCUT2D eigenvalue weighted by molar-refractivity contribution is 0.0365. The fourth-order valence-corrected chi connectivity index (χ4v) is 4.30. The van der Waals surface area contributed by atoms with Gasteiger partial charge in [-0.25, -0.2) is 0 Å². The fraction of sp³-hybridized carbons (Fsp3) is 0.545. The molecule has 2 saturated heterocycles. The lowest BCUT2D eigenvalue weighted by Gasteiger charge is -2.43. The average molecular weight is 383 g/mol. The van der Waals surface area contributed by atoms with E-state index in [2.05, 4.69) is 46.3 Å². The number of benzene rings is 1. The first kappa shape index (κ1) is 19.2. The van der Waals surface area contributed by atoms with Crippen molar-refractivity contribution in [1.82, 2.24) is 19.9 Å². The van der Waals surface area contributed by atoms with Crippen LogP contribution in [0.3, 0.4) is 0 Å². The molecule has 2 aliphatic rings. The third kappa shape index (κ3) is 4.62. The molecule has 0 aliphatic carbocycles. The summed E-state index contributed by atoms with van der Waals surface area (Å²) in [5.74, 6) is 0.752. The molecular weight excluding hydrogens is 352 g/mol. The van der Waals surface area contributed by atoms with Gasteiger partial charge in [0, 0.05) is 38.3 Å². The Morgan fingerprint density at radius 1 is 1.21 bits per heavy atom. The van der Waals surface area contributed by atoms with Gasteiger partial charge in [-0.15, -0.1) is 0 Å². The van der Waals surface area contributed by atoms with Gasteiger partial charge in [0.25, 0.3) is 5.91 Å². The molecule has 4 rings (SSSR count). The van der Waals surface area contributed by atoms with Gasteiger partial charge < -0.3 is 9.42 Å². The summed E-state index contributed by atoms with van der Waals surface area (Å²) in [4.78, 5) is 19.5. The Balaban J connectivity index is 1.29. The molecule has 6 nitrogen and oxygen atoms in total. The highest BCUT2D eigenvalue weighted by Gasteiger charge is 2.32. The maximum atomic E-state index is 12.9. The minimum atomic E-state index is 0.00663. The van der Waals surface area contributed by atoms with E-state index in [4.69, 9.17) is 4.52 Å². The zero-order valence-electron chi connectivity index (χ0n) is 16.7. The maximum Gasteiger partial charge on any atom is 0.276 e. The molecule has 0 bridgehead atoms. The molecule has 1 unspecified atom stereocenters. The van der Waals surface area contributed by atoms with E-state index in [0.717, 1.165) is 38.4 Å². The summed E-state index contributed by atoms with van der Waals surface area (Å²) in [6, 6.07) is 12.8. The number of hydrogen-bond donors (Lipinski definition) is 0. The van der Waals surface area contributed by atoms with Crippen LogP contribution in [0.4, 0.5) is 0 Å². The van der Waals surface area contributed by atoms with Crippen LogP contribution in [0.1, 0.15) is 41.1 Å². The van der Waals surface area contributed by atoms with Crippen LogP contribution in [-0.2, 0) is 13.0 Å². The molecule has 3 heterocycles. The minimum Gasteiger partial charge on any atom is -0.359 e. The van der Waals surface area contributed by atoms with Crippen molar-refractivity contribution in [2.24, 2.45) is 0 Å². The summed E-state index contributed by atoms with van der Waals surface area (Å²) in [5, 5.41) is 4.06. The molecule has 1 aromatic carbocycles. The summed E-state index contributed by atoms with van der Waals surface area (Å²) in [7, 11) is 2.06. The second-order valence-corrected chi connectivity index (χ2v) is 8.09. The number of piperazine rings is 1. The zero-order chi connectivity index (χ0) is 19.3. The van der Waals surface area contributed by atoms with Crippen LogP contribution in [0.15, 0.2) is 40.9 Å². The first-order valence-corrected chi connectivity index (χ1v) is 10.4. The number of piperidine rings is 1. The van der Waals surface area contributed by atoms with Crippen molar-refractivity contribution in [2.75, 3.05) is 39.8 Å². The summed E-state index contributed by atoms with van der Waals surface area (Å²) in [6.45, 7) is 5.34. The SMILES string of the molecule is CN(CCc1ccccc1)Cc1cc(C(=O)N2CCN3CCCCC3C2)no1. The maximum absolute atomic E-state index is 12.9. The minimum absolute atomic E-state index is 0.00663. The summed E-state index contributed by atoms with van der Waals surface area (Å²) in [6.07, 6.45) is 4.74. The van der Waals surface area contributed by atoms with Crippen LogP contribution in [0.2, 0.25) is 0 Å². The van der Waals surface area contributed by atoms with Gasteiger partial charge in [0.15, 0.2) is 11.5 Å². The van der Waals surface area contributed by atoms with Crippen molar-refractivity contribution in [1.29, 1.82) is 0 Å². The topological polar surface area (TPSA) is 52.8 Å². The van der Waals surface area contributed by atoms with E-state index < -0.39 is 0 Å². The lowest BCUT2D eigenvalue weighted by Crippen LogP contribution is -2.56. The number of carbonyl (C=O) groups excluding carboxylic acids is 1. The van der Waals surface area contributed by atoms with Crippen LogP contribution in [0.25, 0.3) is 0 Å². The van der Waals surface area contributed by atoms with E-state index in [1.165, 1.54) is 31.4 Å². The third-order valence-corrected chi connectivity index (χ3v) is 5.95. The van der Waals surface area contributed by atoms with Gasteiger partial charge in [0.05, 0.1) is 6.54 Å². The Morgan fingerprint density at radius 3 is 2.93 bits per heavy atom. The lowest BCUT2D eigenvalue weighted by atomic mass is 9.99. The molecule has 0 N–H and O–H groups in total. The Morgan fingerprint density at radius 2 is 2.07 bits per heavy atom. The van der Waals surface area contributed by atoms with E-state index in [9.17, 15) is 4.79 Å². The molecule has 0 spiro atoms. The number of amides is 1. The number of aromatic nitrogens is 1. The highest BCUT2D eigenvalue weighted by atomic mass is 16.5. The van der Waals surface area contributed by atoms with Crippen molar-refractivity contribution in [3.8, 4) is 0 Å². The Bertz CT molecular complexity index is 776. The number of rotatable bonds is 6. The van der Waals surface area contributed by atoms with E-state index in [1.807, 2.05) is 17.0 Å². The monoisotopic (exact) mass is 382 g/mol. The van der Waals surface area contributed by atoms with Gasteiger partial charge in [0.2, 0.25) is 0 Å². The number of carbonyl (C=O) groups is 1. The second kappa shape index (κ2) is 8.88. The van der Waals surface area contributed by atoms with E-state index in [1.54, 1.807) is 0 Å². The highest BCUT2D eigenvalue weighted by Crippen LogP contribution is 2.22. The van der Waals surface area contributed by atoms with Gasteiger partial charge >= 0.3 is 0 Å². The molecular formula is C22H30N4O2. The number of likely N-dealkylation sites (N-methyl/N-ethyl adjacent to an activating group) is 1. The molecule has 0 radical (unpaired) electrons. The second-order valence-electron chi connectivity index (χ2n) is 8.09. The quantitative estimate of drug-likeness (QED) is 0.769. The Hall–Kier alpha value is -2.18. The number of fused-ring (bicyclic) bond motifs is 1. The van der Waals surface area contributed by atoms with Gasteiger partial charge in [0.1, 0.15) is 0 Å². The van der Waals surface area contributed by atoms with Gasteiger partial charge in [-0.05, 0) is 38.4 Å². The standard InChI is InChI=1S/C22H30N4O2/c1-24(12-10-18-7-3-2-4-8-18)17-20-15-21(23-28-20)22(27)26-14-13-25-11-6-5-9-19(25)16-26/h2-4,7-8,15,19H,5-6,9-14,16-17H2,1H3. The highest BCUT2D eigenvalue weighted by molar-refractivity contribution is 5.92. The van der Waals surface area contributed by atoms with Crippen molar-refractivity contribution in [3.05, 3.63) is 53.4 Å². The molecule has 0 saturated carbocycles. The summed E-state index contributed by atoms with van der Waals surface area (Å²) >= 11 is 0. The molecule has 1 aromatic heterocycles. The molecule has 28 heavy (non-hydrogen) atoms. The predicted octanol–water partition coefficient (Wildman–Crippen LogP) is 2.66. The van der Waals surface area contributed by atoms with Gasteiger partial charge in [-0.3, -0.25) is 14.6 Å². The smallest absolute Gasteiger partial charge is 0.276 e. The first-order valence-electron chi connectivity index (χ1n) is 10.4. The molecule has 2 aromatic rings. The van der Waals surface area contributed by atoms with Crippen molar-refractivity contribution < 1.29 is 9.32 Å². The van der Waals surface area contributed by atoms with Crippen LogP contribution in [0.5, 0.6) is 0 Å². The zero-order valence-corrected chi connectivity index (χ0v) is 16.7. The molecule has 1 atom stereocenters. The summed E-state index contributed by atoms with van der Waals surface area (Å²) < 4.78 is 5.46. The molecule has 6 heteroatoms. The largest absolute Gasteiger partial charge is 0.359 e. The fourth-order valence-electron chi connectivity index (χ4n) is 4.30. The normalized spacial score (nSPS) is 20.4. The first-order chi connectivity index (χ1) is 13.7. The predicted molar refractivity (Wildman–Crippen MR) is 108 cm³/mol. The van der Waals surface area contributed by atoms with Crippen LogP contribution in [0, 0.1) is 0 Å². The van der Waals surface area contributed by atoms with E-state index in [-0.39, 0.29) is 5.91 Å². The molecule has 2 aliphatic heterocycles. The van der Waals surface area contributed by atoms with Crippen LogP contribution in [-0.4, -0.2) is 71.6 Å². The summed E-state index contributed by atoms with van der Waals surface area (Å²) in [5.41, 5.74) is 1.76. The average Bonchev–Trinajstić information content (AvgIpc) is 3.20. The third-order valence-electron chi connectivity index (χ3n) is 5.95. The van der Waals surface area contributed by atoms with E-state index in [0.29, 0.717) is 18.3 Å². The Kier molecular flexibility index (Phi) is 6.07. The Labute approximate surface area is 167 Å². The van der Waals surface area contributed by atoms with Gasteiger partial charge in [-0.2, -0.15) is 0 Å². The van der Waals surface area contributed by atoms with Gasteiger partial charge in [-0.1, -0.05) is 41.9 Å². The van der Waals surface area contributed by atoms with Crippen molar-refractivity contribution in [3.63, 3.8) is 0 Å². The number of nitrogens with zero attached hydrogens (tertiary/aromatic N) is 4. The molecule has 150 valence electrons. The molecule has 2 fully saturated rings. The molecule has 1 amide bonds. The van der Waals surface area contributed by atoms with Crippen LogP contribution < -0.4 is 0 Å². The van der Waals surface area contributed by atoms with E-state index >= 15 is 0 Å². The number of hydrogen-bond acceptors (Lipinski definition) is 5. The van der Waals surface area contributed by atoms with Crippen molar-refractivity contribution >= 4 is 5.91 Å². The van der Waals surface area contributed by atoms with Crippen molar-refractivity contribution in [2.45, 2.75) is 38.3 Å².